The van der Waals surface area contributed by atoms with Gasteiger partial charge in [0, 0.05) is 4.47 Å². The zero-order valence-corrected chi connectivity index (χ0v) is 11.7. The van der Waals surface area contributed by atoms with E-state index in [1.54, 1.807) is 0 Å². The van der Waals surface area contributed by atoms with Crippen LogP contribution in [0, 0.1) is 15.9 Å². The summed E-state index contributed by atoms with van der Waals surface area (Å²) in [6, 6.07) is 5.17. The van der Waals surface area contributed by atoms with Gasteiger partial charge in [0.2, 0.25) is 0 Å². The number of benzene rings is 1. The van der Waals surface area contributed by atoms with Gasteiger partial charge in [0.25, 0.3) is 0 Å². The Morgan fingerprint density at radius 2 is 2.21 bits per heavy atom. The highest BCUT2D eigenvalue weighted by molar-refractivity contribution is 9.10. The summed E-state index contributed by atoms with van der Waals surface area (Å²) < 4.78 is 18.5. The number of nitrogens with one attached hydrogen (secondary N) is 1. The number of hydrogen-bond donors (Lipinski definition) is 1. The van der Waals surface area contributed by atoms with Crippen molar-refractivity contribution in [1.82, 2.24) is 0 Å². The van der Waals surface area contributed by atoms with Crippen molar-refractivity contribution in [2.24, 2.45) is 0 Å². The van der Waals surface area contributed by atoms with Crippen molar-refractivity contribution in [3.63, 3.8) is 0 Å². The third kappa shape index (κ3) is 3.24. The Balaban J connectivity index is 2.12. The molecule has 1 heterocycles. The fraction of sp³-hybridized carbons (Fsp3) is 0.0909. The summed E-state index contributed by atoms with van der Waals surface area (Å²) in [5, 5.41) is 13.6. The minimum absolute atomic E-state index is 0.192. The fourth-order valence-electron chi connectivity index (χ4n) is 1.45. The van der Waals surface area contributed by atoms with Crippen LogP contribution in [0.2, 0.25) is 5.02 Å². The molecular weight excluding hydrogens is 342 g/mol. The van der Waals surface area contributed by atoms with E-state index >= 15 is 0 Å². The van der Waals surface area contributed by atoms with E-state index in [9.17, 15) is 14.5 Å². The quantitative estimate of drug-likeness (QED) is 0.658. The number of rotatable bonds is 4. The van der Waals surface area contributed by atoms with Crippen LogP contribution in [0.25, 0.3) is 0 Å². The van der Waals surface area contributed by atoms with Crippen LogP contribution in [0.4, 0.5) is 16.0 Å². The zero-order valence-electron chi connectivity index (χ0n) is 9.32. The van der Waals surface area contributed by atoms with Crippen molar-refractivity contribution in [2.45, 2.75) is 6.54 Å². The molecule has 0 aliphatic heterocycles. The second-order valence-corrected chi connectivity index (χ2v) is 4.86. The van der Waals surface area contributed by atoms with Crippen LogP contribution in [0.3, 0.4) is 0 Å². The van der Waals surface area contributed by atoms with E-state index in [4.69, 9.17) is 16.0 Å². The molecule has 19 heavy (non-hydrogen) atoms. The molecule has 0 amide bonds. The van der Waals surface area contributed by atoms with E-state index < -0.39 is 10.7 Å². The summed E-state index contributed by atoms with van der Waals surface area (Å²) in [4.78, 5) is 9.83. The molecule has 0 saturated heterocycles. The molecule has 2 aromatic rings. The van der Waals surface area contributed by atoms with Gasteiger partial charge in [0.05, 0.1) is 23.3 Å². The monoisotopic (exact) mass is 348 g/mol. The van der Waals surface area contributed by atoms with Crippen molar-refractivity contribution in [3.8, 4) is 0 Å². The largest absolute Gasteiger partial charge is 0.433 e. The minimum atomic E-state index is -0.621. The first kappa shape index (κ1) is 13.8. The highest BCUT2D eigenvalue weighted by Gasteiger charge is 2.13. The second kappa shape index (κ2) is 5.58. The standard InChI is InChI=1S/C11H7BrClFN2O3/c12-8-3-6(14)4-9(13)11(8)15-5-7-1-2-10(19-7)16(17)18/h1-4,15H,5H2. The van der Waals surface area contributed by atoms with Crippen molar-refractivity contribution in [1.29, 1.82) is 0 Å². The van der Waals surface area contributed by atoms with Gasteiger partial charge < -0.3 is 9.73 Å². The van der Waals surface area contributed by atoms with E-state index in [1.165, 1.54) is 24.3 Å². The topological polar surface area (TPSA) is 68.3 Å². The lowest BCUT2D eigenvalue weighted by Crippen LogP contribution is -2.00. The van der Waals surface area contributed by atoms with Gasteiger partial charge in [0.15, 0.2) is 0 Å². The predicted molar refractivity (Wildman–Crippen MR) is 71.8 cm³/mol. The second-order valence-electron chi connectivity index (χ2n) is 3.60. The van der Waals surface area contributed by atoms with Crippen molar-refractivity contribution in [3.05, 3.63) is 55.5 Å². The molecule has 100 valence electrons. The van der Waals surface area contributed by atoms with Crippen molar-refractivity contribution in [2.75, 3.05) is 5.32 Å². The van der Waals surface area contributed by atoms with Gasteiger partial charge in [0.1, 0.15) is 16.5 Å². The van der Waals surface area contributed by atoms with Crippen LogP contribution >= 0.6 is 27.5 Å². The third-order valence-corrected chi connectivity index (χ3v) is 3.20. The van der Waals surface area contributed by atoms with Gasteiger partial charge in [-0.05, 0) is 34.1 Å². The number of nitrogens with zero attached hydrogens (tertiary/aromatic N) is 1. The summed E-state index contributed by atoms with van der Waals surface area (Å²) in [6.45, 7) is 0.192. The molecule has 0 bridgehead atoms. The molecule has 0 aliphatic rings. The summed E-state index contributed by atoms with van der Waals surface area (Å²) in [5.74, 6) is -0.420. The molecule has 0 atom stereocenters. The molecular formula is C11H7BrClFN2O3. The molecule has 1 N–H and O–H groups in total. The van der Waals surface area contributed by atoms with Crippen molar-refractivity contribution >= 4 is 39.1 Å². The normalized spacial score (nSPS) is 10.5. The summed E-state index contributed by atoms with van der Waals surface area (Å²) in [5.41, 5.74) is 0.488. The van der Waals surface area contributed by atoms with Crippen LogP contribution < -0.4 is 5.32 Å². The fourth-order valence-corrected chi connectivity index (χ4v) is 2.41. The van der Waals surface area contributed by atoms with Gasteiger partial charge >= 0.3 is 5.88 Å². The summed E-state index contributed by atoms with van der Waals surface area (Å²) in [7, 11) is 0. The van der Waals surface area contributed by atoms with Crippen molar-refractivity contribution < 1.29 is 13.7 Å². The van der Waals surface area contributed by atoms with Gasteiger partial charge in [-0.2, -0.15) is 0 Å². The average molecular weight is 350 g/mol. The summed E-state index contributed by atoms with van der Waals surface area (Å²) >= 11 is 9.06. The summed E-state index contributed by atoms with van der Waals surface area (Å²) in [6.07, 6.45) is 0. The Morgan fingerprint density at radius 1 is 1.47 bits per heavy atom. The molecule has 0 unspecified atom stereocenters. The maximum atomic E-state index is 13.0. The van der Waals surface area contributed by atoms with Gasteiger partial charge in [-0.15, -0.1) is 0 Å². The molecule has 0 aliphatic carbocycles. The van der Waals surface area contributed by atoms with Gasteiger partial charge in [-0.1, -0.05) is 11.6 Å². The maximum absolute atomic E-state index is 13.0. The molecule has 1 aromatic heterocycles. The first-order valence-electron chi connectivity index (χ1n) is 5.09. The number of anilines is 1. The average Bonchev–Trinajstić information content (AvgIpc) is 2.76. The third-order valence-electron chi connectivity index (χ3n) is 2.27. The van der Waals surface area contributed by atoms with E-state index in [1.807, 2.05) is 0 Å². The molecule has 0 radical (unpaired) electrons. The number of halogens is 3. The molecule has 2 rings (SSSR count). The van der Waals surface area contributed by atoms with Gasteiger partial charge in [-0.3, -0.25) is 10.1 Å². The van der Waals surface area contributed by atoms with E-state index in [0.717, 1.165) is 0 Å². The molecule has 0 fully saturated rings. The predicted octanol–water partition coefficient (Wildman–Crippen LogP) is 4.35. The lowest BCUT2D eigenvalue weighted by atomic mass is 10.3. The SMILES string of the molecule is O=[N+]([O-])c1ccc(CNc2c(Cl)cc(F)cc2Br)o1. The maximum Gasteiger partial charge on any atom is 0.433 e. The lowest BCUT2D eigenvalue weighted by molar-refractivity contribution is -0.402. The number of nitro groups is 1. The van der Waals surface area contributed by atoms with Crippen LogP contribution in [0.15, 0.2) is 33.2 Å². The molecule has 8 heteroatoms. The van der Waals surface area contributed by atoms with Gasteiger partial charge in [-0.25, -0.2) is 4.39 Å². The molecule has 5 nitrogen and oxygen atoms in total. The number of hydrogen-bond acceptors (Lipinski definition) is 4. The minimum Gasteiger partial charge on any atom is -0.404 e. The van der Waals surface area contributed by atoms with E-state index in [-0.39, 0.29) is 17.5 Å². The van der Waals surface area contributed by atoms with Crippen LogP contribution in [0.5, 0.6) is 0 Å². The molecule has 1 aromatic carbocycles. The first-order chi connectivity index (χ1) is 8.97. The molecule has 0 spiro atoms. The zero-order chi connectivity index (χ0) is 14.0. The Labute approximate surface area is 120 Å². The van der Waals surface area contributed by atoms with Crippen LogP contribution in [0.1, 0.15) is 5.76 Å². The first-order valence-corrected chi connectivity index (χ1v) is 6.26. The lowest BCUT2D eigenvalue weighted by Gasteiger charge is -2.09. The Hall–Kier alpha value is -1.60. The van der Waals surface area contributed by atoms with E-state index in [0.29, 0.717) is 15.9 Å². The Bertz CT molecular complexity index is 609. The number of furan rings is 1. The van der Waals surface area contributed by atoms with E-state index in [2.05, 4.69) is 21.2 Å². The Morgan fingerprint density at radius 3 is 2.79 bits per heavy atom. The van der Waals surface area contributed by atoms with Crippen LogP contribution in [-0.2, 0) is 6.54 Å². The molecule has 0 saturated carbocycles. The Kier molecular flexibility index (Phi) is 4.06. The highest BCUT2D eigenvalue weighted by Crippen LogP contribution is 2.32. The smallest absolute Gasteiger partial charge is 0.404 e. The highest BCUT2D eigenvalue weighted by atomic mass is 79.9. The van der Waals surface area contributed by atoms with Crippen LogP contribution in [-0.4, -0.2) is 4.92 Å².